The smallest absolute Gasteiger partial charge is 0.163 e. The van der Waals surface area contributed by atoms with Crippen LogP contribution in [0.25, 0.3) is 0 Å². The minimum absolute atomic E-state index is 0.0295. The first kappa shape index (κ1) is 16.9. The average Bonchev–Trinajstić information content (AvgIpc) is 2.37. The quantitative estimate of drug-likeness (QED) is 0.756. The van der Waals surface area contributed by atoms with Crippen molar-refractivity contribution < 1.29 is 13.2 Å². The molecule has 1 aromatic rings. The fourth-order valence-electron chi connectivity index (χ4n) is 2.11. The standard InChI is InChI=1S/C16H24O3S/c1-5-20(18,19)12-8-11-15(17)13-9-6-7-10-14(13)16(2,3)4/h6-7,9-10H,5,8,11-12H2,1-4H3. The van der Waals surface area contributed by atoms with Crippen molar-refractivity contribution in [3.05, 3.63) is 35.4 Å². The molecule has 0 fully saturated rings. The van der Waals surface area contributed by atoms with Crippen LogP contribution in [0.15, 0.2) is 24.3 Å². The van der Waals surface area contributed by atoms with E-state index in [9.17, 15) is 13.2 Å². The highest BCUT2D eigenvalue weighted by atomic mass is 32.2. The summed E-state index contributed by atoms with van der Waals surface area (Å²) < 4.78 is 22.9. The monoisotopic (exact) mass is 296 g/mol. The molecule has 4 heteroatoms. The summed E-state index contributed by atoms with van der Waals surface area (Å²) in [7, 11) is -2.99. The maximum atomic E-state index is 12.3. The Morgan fingerprint density at radius 2 is 1.75 bits per heavy atom. The van der Waals surface area contributed by atoms with E-state index < -0.39 is 9.84 Å². The lowest BCUT2D eigenvalue weighted by Gasteiger charge is -2.22. The summed E-state index contributed by atoms with van der Waals surface area (Å²) in [5.41, 5.74) is 1.64. The fourth-order valence-corrected chi connectivity index (χ4v) is 2.98. The zero-order chi connectivity index (χ0) is 15.4. The molecule has 0 bridgehead atoms. The van der Waals surface area contributed by atoms with Crippen molar-refractivity contribution in [3.8, 4) is 0 Å². The predicted molar refractivity (Wildman–Crippen MR) is 83.0 cm³/mol. The second-order valence-corrected chi connectivity index (χ2v) is 8.53. The van der Waals surface area contributed by atoms with Crippen LogP contribution in [0.5, 0.6) is 0 Å². The molecule has 1 rings (SSSR count). The second kappa shape index (κ2) is 6.53. The molecule has 3 nitrogen and oxygen atoms in total. The Morgan fingerprint density at radius 1 is 1.15 bits per heavy atom. The molecule has 0 aliphatic carbocycles. The highest BCUT2D eigenvalue weighted by Gasteiger charge is 2.21. The highest BCUT2D eigenvalue weighted by Crippen LogP contribution is 2.26. The summed E-state index contributed by atoms with van der Waals surface area (Å²) >= 11 is 0. The molecule has 0 N–H and O–H groups in total. The molecule has 0 spiro atoms. The van der Waals surface area contributed by atoms with Crippen LogP contribution in [0, 0.1) is 0 Å². The summed E-state index contributed by atoms with van der Waals surface area (Å²) in [6, 6.07) is 7.58. The summed E-state index contributed by atoms with van der Waals surface area (Å²) in [6.45, 7) is 7.84. The number of sulfone groups is 1. The Morgan fingerprint density at radius 3 is 2.30 bits per heavy atom. The van der Waals surface area contributed by atoms with Crippen molar-refractivity contribution in [1.82, 2.24) is 0 Å². The SMILES string of the molecule is CCS(=O)(=O)CCCC(=O)c1ccccc1C(C)(C)C. The molecule has 0 aliphatic rings. The third kappa shape index (κ3) is 4.75. The van der Waals surface area contributed by atoms with Crippen LogP contribution in [0.4, 0.5) is 0 Å². The first-order valence-corrected chi connectivity index (χ1v) is 8.82. The maximum Gasteiger partial charge on any atom is 0.163 e. The van der Waals surface area contributed by atoms with Gasteiger partial charge in [0.1, 0.15) is 9.84 Å². The van der Waals surface area contributed by atoms with Crippen LogP contribution in [-0.2, 0) is 15.3 Å². The molecule has 0 aliphatic heterocycles. The highest BCUT2D eigenvalue weighted by molar-refractivity contribution is 7.91. The minimum Gasteiger partial charge on any atom is -0.294 e. The van der Waals surface area contributed by atoms with Crippen LogP contribution in [0.1, 0.15) is 56.5 Å². The zero-order valence-electron chi connectivity index (χ0n) is 12.8. The van der Waals surface area contributed by atoms with Gasteiger partial charge < -0.3 is 0 Å². The van der Waals surface area contributed by atoms with Crippen molar-refractivity contribution in [3.63, 3.8) is 0 Å². The van der Waals surface area contributed by atoms with Gasteiger partial charge in [0.15, 0.2) is 5.78 Å². The van der Waals surface area contributed by atoms with Crippen LogP contribution < -0.4 is 0 Å². The molecule has 1 aromatic carbocycles. The average molecular weight is 296 g/mol. The van der Waals surface area contributed by atoms with E-state index in [-0.39, 0.29) is 29.1 Å². The number of carbonyl (C=O) groups is 1. The molecule has 0 radical (unpaired) electrons. The van der Waals surface area contributed by atoms with Crippen LogP contribution >= 0.6 is 0 Å². The Bertz CT molecular complexity index is 566. The van der Waals surface area contributed by atoms with Gasteiger partial charge in [-0.15, -0.1) is 0 Å². The van der Waals surface area contributed by atoms with Crippen molar-refractivity contribution >= 4 is 15.6 Å². The Balaban J connectivity index is 2.79. The Hall–Kier alpha value is -1.16. The van der Waals surface area contributed by atoms with Gasteiger partial charge >= 0.3 is 0 Å². The second-order valence-electron chi connectivity index (χ2n) is 6.06. The molecule has 0 aromatic heterocycles. The molecule has 20 heavy (non-hydrogen) atoms. The van der Waals surface area contributed by atoms with E-state index in [1.165, 1.54) is 0 Å². The van der Waals surface area contributed by atoms with E-state index in [1.54, 1.807) is 6.92 Å². The predicted octanol–water partition coefficient (Wildman–Crippen LogP) is 3.38. The largest absolute Gasteiger partial charge is 0.294 e. The number of carbonyl (C=O) groups excluding carboxylic acids is 1. The lowest BCUT2D eigenvalue weighted by Crippen LogP contribution is -2.17. The van der Waals surface area contributed by atoms with Crippen LogP contribution in [0.3, 0.4) is 0 Å². The molecular weight excluding hydrogens is 272 g/mol. The molecule has 0 unspecified atom stereocenters. The summed E-state index contributed by atoms with van der Waals surface area (Å²) in [4.78, 5) is 12.3. The summed E-state index contributed by atoms with van der Waals surface area (Å²) in [6.07, 6.45) is 0.680. The molecule has 112 valence electrons. The number of ketones is 1. The summed E-state index contributed by atoms with van der Waals surface area (Å²) in [5, 5.41) is 0. The van der Waals surface area contributed by atoms with Gasteiger partial charge in [0, 0.05) is 17.7 Å². The lowest BCUT2D eigenvalue weighted by molar-refractivity contribution is 0.0980. The first-order valence-electron chi connectivity index (χ1n) is 7.00. The number of Topliss-reactive ketones (excluding diaryl/α,β-unsaturated/α-hetero) is 1. The van der Waals surface area contributed by atoms with Gasteiger partial charge in [-0.05, 0) is 17.4 Å². The van der Waals surface area contributed by atoms with E-state index in [0.717, 1.165) is 5.56 Å². The van der Waals surface area contributed by atoms with Gasteiger partial charge in [-0.25, -0.2) is 8.42 Å². The Kier molecular flexibility index (Phi) is 5.51. The normalized spacial score (nSPS) is 12.4. The van der Waals surface area contributed by atoms with E-state index in [0.29, 0.717) is 12.0 Å². The molecule has 0 heterocycles. The van der Waals surface area contributed by atoms with E-state index in [2.05, 4.69) is 20.8 Å². The van der Waals surface area contributed by atoms with Gasteiger partial charge in [0.05, 0.1) is 5.75 Å². The van der Waals surface area contributed by atoms with Crippen molar-refractivity contribution in [2.24, 2.45) is 0 Å². The lowest BCUT2D eigenvalue weighted by atomic mass is 9.82. The van der Waals surface area contributed by atoms with Gasteiger partial charge in [-0.1, -0.05) is 52.0 Å². The van der Waals surface area contributed by atoms with E-state index >= 15 is 0 Å². The van der Waals surface area contributed by atoms with Gasteiger partial charge in [-0.2, -0.15) is 0 Å². The van der Waals surface area contributed by atoms with Crippen molar-refractivity contribution in [1.29, 1.82) is 0 Å². The van der Waals surface area contributed by atoms with Gasteiger partial charge in [-0.3, -0.25) is 4.79 Å². The molecule has 0 amide bonds. The molecular formula is C16H24O3S. The Labute approximate surface area is 122 Å². The van der Waals surface area contributed by atoms with Crippen molar-refractivity contribution in [2.45, 2.75) is 46.0 Å². The van der Waals surface area contributed by atoms with Crippen LogP contribution in [0.2, 0.25) is 0 Å². The topological polar surface area (TPSA) is 51.2 Å². The first-order chi connectivity index (χ1) is 9.17. The number of hydrogen-bond donors (Lipinski definition) is 0. The third-order valence-electron chi connectivity index (χ3n) is 3.33. The fraction of sp³-hybridized carbons (Fsp3) is 0.562. The zero-order valence-corrected chi connectivity index (χ0v) is 13.6. The number of benzene rings is 1. The van der Waals surface area contributed by atoms with Crippen molar-refractivity contribution in [2.75, 3.05) is 11.5 Å². The third-order valence-corrected chi connectivity index (χ3v) is 5.12. The van der Waals surface area contributed by atoms with Gasteiger partial charge in [0.2, 0.25) is 0 Å². The molecule has 0 atom stereocenters. The number of rotatable bonds is 6. The van der Waals surface area contributed by atoms with E-state index in [1.807, 2.05) is 24.3 Å². The maximum absolute atomic E-state index is 12.3. The van der Waals surface area contributed by atoms with Gasteiger partial charge in [0.25, 0.3) is 0 Å². The minimum atomic E-state index is -2.99. The summed E-state index contributed by atoms with van der Waals surface area (Å²) in [5.74, 6) is 0.258. The number of hydrogen-bond acceptors (Lipinski definition) is 3. The molecule has 0 saturated carbocycles. The molecule has 0 saturated heterocycles. The van der Waals surface area contributed by atoms with E-state index in [4.69, 9.17) is 0 Å². The van der Waals surface area contributed by atoms with Crippen LogP contribution in [-0.4, -0.2) is 25.7 Å².